The van der Waals surface area contributed by atoms with Crippen molar-refractivity contribution in [2.24, 2.45) is 0 Å². The van der Waals surface area contributed by atoms with Gasteiger partial charge in [0.25, 0.3) is 0 Å². The van der Waals surface area contributed by atoms with E-state index in [1.54, 1.807) is 0 Å². The lowest BCUT2D eigenvalue weighted by Crippen LogP contribution is -2.23. The predicted octanol–water partition coefficient (Wildman–Crippen LogP) is 3.52. The van der Waals surface area contributed by atoms with E-state index >= 15 is 0 Å². The van der Waals surface area contributed by atoms with Gasteiger partial charge < -0.3 is 4.57 Å². The van der Waals surface area contributed by atoms with Crippen molar-refractivity contribution in [1.82, 2.24) is 14.5 Å². The lowest BCUT2D eigenvalue weighted by Gasteiger charge is -2.28. The molecule has 0 saturated carbocycles. The molecule has 0 amide bonds. The molecular formula is C15H21N3. The SMILES string of the molecule is Cc1cn(C(C)CC(C)(C)c2ccccn2)cn1. The highest BCUT2D eigenvalue weighted by atomic mass is 15.1. The monoisotopic (exact) mass is 243 g/mol. The second-order valence-corrected chi connectivity index (χ2v) is 5.61. The summed E-state index contributed by atoms with van der Waals surface area (Å²) in [6.07, 6.45) is 6.91. The third-order valence-electron chi connectivity index (χ3n) is 3.40. The Labute approximate surface area is 109 Å². The van der Waals surface area contributed by atoms with Crippen molar-refractivity contribution >= 4 is 0 Å². The molecule has 3 nitrogen and oxygen atoms in total. The first kappa shape index (κ1) is 12.8. The van der Waals surface area contributed by atoms with Crippen molar-refractivity contribution in [2.45, 2.75) is 45.6 Å². The highest BCUT2D eigenvalue weighted by molar-refractivity contribution is 5.14. The maximum atomic E-state index is 4.48. The van der Waals surface area contributed by atoms with Gasteiger partial charge in [-0.05, 0) is 32.4 Å². The fourth-order valence-corrected chi connectivity index (χ4v) is 2.39. The van der Waals surface area contributed by atoms with Crippen LogP contribution in [0.3, 0.4) is 0 Å². The molecule has 0 fully saturated rings. The minimum Gasteiger partial charge on any atom is -0.334 e. The van der Waals surface area contributed by atoms with Gasteiger partial charge in [0.15, 0.2) is 0 Å². The van der Waals surface area contributed by atoms with Crippen molar-refractivity contribution < 1.29 is 0 Å². The van der Waals surface area contributed by atoms with E-state index in [1.165, 1.54) is 0 Å². The first-order valence-corrected chi connectivity index (χ1v) is 6.40. The van der Waals surface area contributed by atoms with Crippen molar-refractivity contribution in [3.63, 3.8) is 0 Å². The Morgan fingerprint density at radius 1 is 1.28 bits per heavy atom. The Hall–Kier alpha value is -1.64. The molecule has 0 spiro atoms. The highest BCUT2D eigenvalue weighted by Gasteiger charge is 2.25. The quantitative estimate of drug-likeness (QED) is 0.822. The van der Waals surface area contributed by atoms with Crippen LogP contribution < -0.4 is 0 Å². The smallest absolute Gasteiger partial charge is 0.0951 e. The van der Waals surface area contributed by atoms with Crippen molar-refractivity contribution in [3.05, 3.63) is 48.3 Å². The summed E-state index contributed by atoms with van der Waals surface area (Å²) in [4.78, 5) is 8.77. The fourth-order valence-electron chi connectivity index (χ4n) is 2.39. The molecule has 0 aliphatic carbocycles. The molecule has 1 unspecified atom stereocenters. The lowest BCUT2D eigenvalue weighted by molar-refractivity contribution is 0.367. The largest absolute Gasteiger partial charge is 0.334 e. The average molecular weight is 243 g/mol. The van der Waals surface area contributed by atoms with Gasteiger partial charge in [-0.2, -0.15) is 0 Å². The summed E-state index contributed by atoms with van der Waals surface area (Å²) in [5.41, 5.74) is 2.28. The van der Waals surface area contributed by atoms with Crippen LogP contribution in [0.1, 0.15) is 44.6 Å². The molecule has 18 heavy (non-hydrogen) atoms. The zero-order valence-corrected chi connectivity index (χ0v) is 11.6. The standard InChI is InChI=1S/C15H21N3/c1-12-10-18(11-17-12)13(2)9-15(3,4)14-7-5-6-8-16-14/h5-8,10-11,13H,9H2,1-4H3. The topological polar surface area (TPSA) is 30.7 Å². The van der Waals surface area contributed by atoms with Crippen LogP contribution in [0.4, 0.5) is 0 Å². The number of hydrogen-bond acceptors (Lipinski definition) is 2. The molecule has 0 aromatic carbocycles. The summed E-state index contributed by atoms with van der Waals surface area (Å²) in [7, 11) is 0. The summed E-state index contributed by atoms with van der Waals surface area (Å²) in [6.45, 7) is 8.74. The van der Waals surface area contributed by atoms with Crippen LogP contribution in [0.5, 0.6) is 0 Å². The van der Waals surface area contributed by atoms with Gasteiger partial charge in [0.05, 0.1) is 12.0 Å². The van der Waals surface area contributed by atoms with E-state index in [9.17, 15) is 0 Å². The zero-order chi connectivity index (χ0) is 13.2. The van der Waals surface area contributed by atoms with Gasteiger partial charge in [-0.15, -0.1) is 0 Å². The van der Waals surface area contributed by atoms with E-state index in [0.717, 1.165) is 17.8 Å². The lowest BCUT2D eigenvalue weighted by atomic mass is 9.82. The van der Waals surface area contributed by atoms with Gasteiger partial charge in [-0.1, -0.05) is 19.9 Å². The van der Waals surface area contributed by atoms with Gasteiger partial charge >= 0.3 is 0 Å². The van der Waals surface area contributed by atoms with Gasteiger partial charge in [0.2, 0.25) is 0 Å². The first-order chi connectivity index (χ1) is 8.49. The molecule has 0 aliphatic heterocycles. The minimum atomic E-state index is 0.0683. The van der Waals surface area contributed by atoms with E-state index in [2.05, 4.69) is 53.6 Å². The number of imidazole rings is 1. The zero-order valence-electron chi connectivity index (χ0n) is 11.6. The van der Waals surface area contributed by atoms with Crippen LogP contribution in [-0.4, -0.2) is 14.5 Å². The molecule has 0 saturated heterocycles. The molecule has 2 heterocycles. The molecule has 0 N–H and O–H groups in total. The van der Waals surface area contributed by atoms with Crippen molar-refractivity contribution in [2.75, 3.05) is 0 Å². The van der Waals surface area contributed by atoms with Crippen molar-refractivity contribution in [1.29, 1.82) is 0 Å². The Kier molecular flexibility index (Phi) is 3.50. The number of aromatic nitrogens is 3. The number of hydrogen-bond donors (Lipinski definition) is 0. The molecule has 0 aliphatic rings. The van der Waals surface area contributed by atoms with Gasteiger partial charge in [-0.3, -0.25) is 4.98 Å². The second kappa shape index (κ2) is 4.92. The summed E-state index contributed by atoms with van der Waals surface area (Å²) in [6, 6.07) is 6.53. The molecule has 2 rings (SSSR count). The molecular weight excluding hydrogens is 222 g/mol. The third kappa shape index (κ3) is 2.78. The molecule has 96 valence electrons. The molecule has 0 bridgehead atoms. The van der Waals surface area contributed by atoms with Crippen LogP contribution in [0.15, 0.2) is 36.9 Å². The number of nitrogens with zero attached hydrogens (tertiary/aromatic N) is 3. The van der Waals surface area contributed by atoms with Crippen molar-refractivity contribution in [3.8, 4) is 0 Å². The minimum absolute atomic E-state index is 0.0683. The second-order valence-electron chi connectivity index (χ2n) is 5.61. The van der Waals surface area contributed by atoms with Gasteiger partial charge in [0.1, 0.15) is 0 Å². The Morgan fingerprint density at radius 3 is 2.61 bits per heavy atom. The molecule has 1 atom stereocenters. The number of rotatable bonds is 4. The molecule has 2 aromatic rings. The summed E-state index contributed by atoms with van der Waals surface area (Å²) >= 11 is 0. The predicted molar refractivity (Wildman–Crippen MR) is 73.6 cm³/mol. The fraction of sp³-hybridized carbons (Fsp3) is 0.467. The summed E-state index contributed by atoms with van der Waals surface area (Å²) in [5.74, 6) is 0. The Balaban J connectivity index is 2.13. The van der Waals surface area contributed by atoms with Gasteiger partial charge in [-0.25, -0.2) is 4.98 Å². The molecule has 0 radical (unpaired) electrons. The van der Waals surface area contributed by atoms with E-state index in [-0.39, 0.29) is 5.41 Å². The Morgan fingerprint density at radius 2 is 2.06 bits per heavy atom. The molecule has 2 aromatic heterocycles. The van der Waals surface area contributed by atoms with E-state index in [0.29, 0.717) is 6.04 Å². The van der Waals surface area contributed by atoms with E-state index in [4.69, 9.17) is 0 Å². The number of aryl methyl sites for hydroxylation is 1. The van der Waals surface area contributed by atoms with E-state index in [1.807, 2.05) is 25.5 Å². The maximum absolute atomic E-state index is 4.48. The van der Waals surface area contributed by atoms with Gasteiger partial charge in [0, 0.05) is 29.5 Å². The number of pyridine rings is 1. The third-order valence-corrected chi connectivity index (χ3v) is 3.40. The highest BCUT2D eigenvalue weighted by Crippen LogP contribution is 2.30. The first-order valence-electron chi connectivity index (χ1n) is 6.40. The van der Waals surface area contributed by atoms with E-state index < -0.39 is 0 Å². The van der Waals surface area contributed by atoms with Crippen LogP contribution in [-0.2, 0) is 5.41 Å². The van der Waals surface area contributed by atoms with Crippen LogP contribution in [0.25, 0.3) is 0 Å². The average Bonchev–Trinajstić information content (AvgIpc) is 2.77. The summed E-state index contributed by atoms with van der Waals surface area (Å²) in [5, 5.41) is 0. The maximum Gasteiger partial charge on any atom is 0.0951 e. The molecule has 3 heteroatoms. The summed E-state index contributed by atoms with van der Waals surface area (Å²) < 4.78 is 2.18. The van der Waals surface area contributed by atoms with Crippen LogP contribution in [0, 0.1) is 6.92 Å². The van der Waals surface area contributed by atoms with Crippen LogP contribution in [0.2, 0.25) is 0 Å². The normalized spacial score (nSPS) is 13.6. The van der Waals surface area contributed by atoms with Crippen LogP contribution >= 0.6 is 0 Å². The Bertz CT molecular complexity index is 499.